The predicted molar refractivity (Wildman–Crippen MR) is 187 cm³/mol. The molecule has 0 spiro atoms. The van der Waals surface area contributed by atoms with Crippen LogP contribution in [-0.2, 0) is 22.5 Å². The van der Waals surface area contributed by atoms with Gasteiger partial charge in [0.1, 0.15) is 17.2 Å². The molecule has 4 aromatic rings. The third-order valence-electron chi connectivity index (χ3n) is 7.78. The lowest BCUT2D eigenvalue weighted by molar-refractivity contribution is -0.130. The van der Waals surface area contributed by atoms with Gasteiger partial charge in [-0.2, -0.15) is 0 Å². The van der Waals surface area contributed by atoms with E-state index in [0.29, 0.717) is 57.7 Å². The number of nitrogens with one attached hydrogen (secondary N) is 2. The maximum Gasteiger partial charge on any atom is 0.266 e. The van der Waals surface area contributed by atoms with Gasteiger partial charge >= 0.3 is 0 Å². The molecule has 0 fully saturated rings. The number of hydrogen-bond donors (Lipinski definition) is 3. The van der Waals surface area contributed by atoms with Gasteiger partial charge in [0.05, 0.1) is 20.8 Å². The van der Waals surface area contributed by atoms with Crippen LogP contribution >= 0.6 is 23.2 Å². The first-order chi connectivity index (χ1) is 23.8. The van der Waals surface area contributed by atoms with E-state index in [1.54, 1.807) is 87.0 Å². The first-order valence-electron chi connectivity index (χ1n) is 15.2. The number of aliphatic imine (C=N–C) groups is 1. The number of aliphatic hydroxyl groups is 1. The summed E-state index contributed by atoms with van der Waals surface area (Å²) >= 11 is 13.0. The zero-order chi connectivity index (χ0) is 34.8. The zero-order valence-corrected chi connectivity index (χ0v) is 28.2. The number of benzene rings is 4. The molecule has 14 heteroatoms. The van der Waals surface area contributed by atoms with E-state index in [9.17, 15) is 10.3 Å². The Kier molecular flexibility index (Phi) is 11.8. The molecular formula is C35H34Cl2N6O6. The minimum atomic E-state index is -1.66. The first-order valence-corrected chi connectivity index (χ1v) is 16.0. The number of amides is 1. The fourth-order valence-corrected chi connectivity index (χ4v) is 5.88. The summed E-state index contributed by atoms with van der Waals surface area (Å²) in [4.78, 5) is 22.6. The van der Waals surface area contributed by atoms with Crippen LogP contribution in [0, 0.1) is 0 Å². The Morgan fingerprint density at radius 2 is 1.76 bits per heavy atom. The van der Waals surface area contributed by atoms with Gasteiger partial charge in [-0.05, 0) is 65.2 Å². The van der Waals surface area contributed by atoms with Gasteiger partial charge in [-0.25, -0.2) is 10.4 Å². The molecule has 0 saturated heterocycles. The van der Waals surface area contributed by atoms with Crippen molar-refractivity contribution in [3.05, 3.63) is 128 Å². The van der Waals surface area contributed by atoms with Gasteiger partial charge in [-0.1, -0.05) is 58.6 Å². The Bertz CT molecular complexity index is 1850. The molecule has 0 unspecified atom stereocenters. The van der Waals surface area contributed by atoms with Crippen LogP contribution in [0.1, 0.15) is 34.8 Å². The van der Waals surface area contributed by atoms with Crippen LogP contribution < -0.4 is 25.1 Å². The second kappa shape index (κ2) is 16.4. The molecular weight excluding hydrogens is 671 g/mol. The monoisotopic (exact) mass is 704 g/mol. The molecule has 1 aliphatic rings. The van der Waals surface area contributed by atoms with Crippen LogP contribution in [-0.4, -0.2) is 49.9 Å². The summed E-state index contributed by atoms with van der Waals surface area (Å²) in [6, 6.07) is 24.3. The number of carbonyl (C=O) groups excluding carboxylic acids is 1. The normalized spacial score (nSPS) is 16.6. The Labute approximate surface area is 293 Å². The molecule has 0 aromatic heterocycles. The molecule has 4 aromatic carbocycles. The second-order valence-corrected chi connectivity index (χ2v) is 11.8. The molecule has 3 N–H and O–H groups in total. The maximum atomic E-state index is 14.6. The molecule has 0 bridgehead atoms. The van der Waals surface area contributed by atoms with Gasteiger partial charge in [0.2, 0.25) is 5.90 Å². The third kappa shape index (κ3) is 8.37. The van der Waals surface area contributed by atoms with Crippen molar-refractivity contribution in [3.8, 4) is 17.2 Å². The number of hydrazine groups is 1. The summed E-state index contributed by atoms with van der Waals surface area (Å²) in [6.45, 7) is 0.590. The highest BCUT2D eigenvalue weighted by Crippen LogP contribution is 2.46. The van der Waals surface area contributed by atoms with Crippen LogP contribution in [0.15, 0.2) is 95.0 Å². The van der Waals surface area contributed by atoms with Crippen molar-refractivity contribution in [2.75, 3.05) is 27.4 Å². The van der Waals surface area contributed by atoms with Crippen molar-refractivity contribution >= 4 is 40.7 Å². The van der Waals surface area contributed by atoms with Crippen molar-refractivity contribution in [2.24, 2.45) is 10.1 Å². The zero-order valence-electron chi connectivity index (χ0n) is 26.7. The molecule has 0 radical (unpaired) electrons. The molecule has 0 saturated carbocycles. The SMILES string of the molecule is COc1cc(CNNC(=O)[C@@]2(Cc3ccccc3N=[N+]=[N-])N=C(c3ccc(OCCCO)cc3)O[C@H]2c2ccc(Cl)cc2Cl)cc(OC)c1. The Balaban J connectivity index is 1.57. The number of hydrogen-bond acceptors (Lipinski definition) is 9. The van der Waals surface area contributed by atoms with E-state index < -0.39 is 17.6 Å². The highest BCUT2D eigenvalue weighted by Gasteiger charge is 2.54. The van der Waals surface area contributed by atoms with Crippen LogP contribution in [0.5, 0.6) is 17.2 Å². The van der Waals surface area contributed by atoms with Gasteiger partial charge in [0, 0.05) is 63.8 Å². The summed E-state index contributed by atoms with van der Waals surface area (Å²) in [5, 5.41) is 13.6. The second-order valence-electron chi connectivity index (χ2n) is 11.0. The van der Waals surface area contributed by atoms with Gasteiger partial charge in [-0.3, -0.25) is 10.2 Å². The molecule has 1 heterocycles. The summed E-state index contributed by atoms with van der Waals surface area (Å²) in [6.07, 6.45) is -0.571. The number of aliphatic hydroxyl groups excluding tert-OH is 1. The van der Waals surface area contributed by atoms with E-state index in [0.717, 1.165) is 5.56 Å². The van der Waals surface area contributed by atoms with E-state index in [2.05, 4.69) is 20.9 Å². The highest BCUT2D eigenvalue weighted by molar-refractivity contribution is 6.35. The molecule has 49 heavy (non-hydrogen) atoms. The van der Waals surface area contributed by atoms with Gasteiger partial charge in [0.15, 0.2) is 11.6 Å². The maximum absolute atomic E-state index is 14.6. The van der Waals surface area contributed by atoms with Gasteiger partial charge < -0.3 is 24.1 Å². The van der Waals surface area contributed by atoms with Gasteiger partial charge in [-0.15, -0.1) is 0 Å². The van der Waals surface area contributed by atoms with Crippen LogP contribution in [0.25, 0.3) is 10.4 Å². The highest BCUT2D eigenvalue weighted by atomic mass is 35.5. The van der Waals surface area contributed by atoms with E-state index in [1.165, 1.54) is 0 Å². The van der Waals surface area contributed by atoms with E-state index in [-0.39, 0.29) is 30.5 Å². The molecule has 12 nitrogen and oxygen atoms in total. The molecule has 1 amide bonds. The van der Waals surface area contributed by atoms with Crippen molar-refractivity contribution in [1.82, 2.24) is 10.9 Å². The van der Waals surface area contributed by atoms with Crippen LogP contribution in [0.2, 0.25) is 10.0 Å². The Morgan fingerprint density at radius 1 is 1.02 bits per heavy atom. The summed E-state index contributed by atoms with van der Waals surface area (Å²) in [7, 11) is 3.11. The number of rotatable bonds is 15. The number of halogens is 2. The largest absolute Gasteiger partial charge is 0.497 e. The van der Waals surface area contributed by atoms with Crippen LogP contribution in [0.3, 0.4) is 0 Å². The molecule has 1 aliphatic heterocycles. The molecule has 5 rings (SSSR count). The summed E-state index contributed by atoms with van der Waals surface area (Å²) < 4.78 is 23.0. The first kappa shape index (κ1) is 35.3. The smallest absolute Gasteiger partial charge is 0.266 e. The number of carbonyl (C=O) groups is 1. The van der Waals surface area contributed by atoms with Crippen LogP contribution in [0.4, 0.5) is 5.69 Å². The molecule has 0 aliphatic carbocycles. The third-order valence-corrected chi connectivity index (χ3v) is 8.35. The van der Waals surface area contributed by atoms with E-state index in [1.807, 2.05) is 12.1 Å². The predicted octanol–water partition coefficient (Wildman–Crippen LogP) is 7.03. The van der Waals surface area contributed by atoms with Crippen molar-refractivity contribution in [3.63, 3.8) is 0 Å². The van der Waals surface area contributed by atoms with E-state index in [4.69, 9.17) is 52.2 Å². The number of azide groups is 1. The van der Waals surface area contributed by atoms with Gasteiger partial charge in [0.25, 0.3) is 5.91 Å². The van der Waals surface area contributed by atoms with Crippen molar-refractivity contribution in [2.45, 2.75) is 31.0 Å². The lowest BCUT2D eigenvalue weighted by Gasteiger charge is -2.31. The lowest BCUT2D eigenvalue weighted by Crippen LogP contribution is -2.53. The van der Waals surface area contributed by atoms with Crippen molar-refractivity contribution in [1.29, 1.82) is 0 Å². The minimum absolute atomic E-state index is 0.0208. The van der Waals surface area contributed by atoms with Crippen molar-refractivity contribution < 1.29 is 28.8 Å². The topological polar surface area (TPSA) is 159 Å². The standard InChI is InChI=1S/C35H34Cl2N6O6/c1-46-27-16-22(17-28(19-27)47-2)21-39-42-34(45)35(20-24-6-3-4-7-31(24)41-43-38)32(29-13-10-25(36)18-30(29)37)49-33(40-35)23-8-11-26(12-9-23)48-15-5-14-44/h3-4,6-13,16-19,32,39,44H,5,14-15,20-21H2,1-2H3,(H,42,45)/t32-,35-/m0/s1. The molecule has 2 atom stereocenters. The summed E-state index contributed by atoms with van der Waals surface area (Å²) in [5.74, 6) is 1.43. The average Bonchev–Trinajstić information content (AvgIpc) is 3.49. The number of ether oxygens (including phenoxy) is 4. The summed E-state index contributed by atoms with van der Waals surface area (Å²) in [5.41, 5.74) is 16.2. The number of methoxy groups -OCH3 is 2. The van der Waals surface area contributed by atoms with E-state index >= 15 is 0 Å². The quantitative estimate of drug-likeness (QED) is 0.0394. The molecule has 254 valence electrons. The fraction of sp³-hybridized carbons (Fsp3) is 0.257. The number of nitrogens with zero attached hydrogens (tertiary/aromatic N) is 4. The average molecular weight is 706 g/mol. The fourth-order valence-electron chi connectivity index (χ4n) is 5.37. The minimum Gasteiger partial charge on any atom is -0.497 e. The Morgan fingerprint density at radius 3 is 2.43 bits per heavy atom. The Hall–Kier alpha value is -4.97. The lowest BCUT2D eigenvalue weighted by atomic mass is 9.81.